The van der Waals surface area contributed by atoms with E-state index in [4.69, 9.17) is 11.2 Å². The van der Waals surface area contributed by atoms with E-state index in [1.165, 1.54) is 5.56 Å². The summed E-state index contributed by atoms with van der Waals surface area (Å²) in [7, 11) is 1.68. The largest absolute Gasteiger partial charge is 0.497 e. The van der Waals surface area contributed by atoms with E-state index in [1.807, 2.05) is 12.1 Å². The molecule has 0 bridgehead atoms. The molecule has 2 nitrogen and oxygen atoms in total. The van der Waals surface area contributed by atoms with Crippen LogP contribution in [0, 0.1) is 12.3 Å². The maximum Gasteiger partial charge on any atom is 0.118 e. The lowest BCUT2D eigenvalue weighted by molar-refractivity contribution is 0.414. The number of benzene rings is 1. The number of methoxy groups -OCH3 is 1. The van der Waals surface area contributed by atoms with Crippen LogP contribution >= 0.6 is 0 Å². The van der Waals surface area contributed by atoms with Gasteiger partial charge in [-0.3, -0.25) is 0 Å². The maximum absolute atomic E-state index is 5.49. The van der Waals surface area contributed by atoms with E-state index in [0.717, 1.165) is 31.6 Å². The van der Waals surface area contributed by atoms with Gasteiger partial charge in [0.2, 0.25) is 0 Å². The summed E-state index contributed by atoms with van der Waals surface area (Å²) in [6.07, 6.45) is 8.57. The summed E-state index contributed by atoms with van der Waals surface area (Å²) < 4.78 is 5.12. The Labute approximate surface area is 104 Å². The average Bonchev–Trinajstić information content (AvgIpc) is 2.39. The minimum atomic E-state index is 0.178. The van der Waals surface area contributed by atoms with Crippen LogP contribution in [-0.4, -0.2) is 19.7 Å². The summed E-state index contributed by atoms with van der Waals surface area (Å²) in [5.41, 5.74) is 1.30. The SMILES string of the molecule is C#CC(CCc1ccc(OC)cc1)NCCC. The molecule has 0 aromatic heterocycles. The normalized spacial score (nSPS) is 11.8. The van der Waals surface area contributed by atoms with Gasteiger partial charge in [0.1, 0.15) is 5.75 Å². The van der Waals surface area contributed by atoms with Gasteiger partial charge < -0.3 is 10.1 Å². The highest BCUT2D eigenvalue weighted by atomic mass is 16.5. The average molecular weight is 231 g/mol. The Balaban J connectivity index is 2.40. The maximum atomic E-state index is 5.49. The van der Waals surface area contributed by atoms with Crippen molar-refractivity contribution < 1.29 is 4.74 Å². The zero-order valence-electron chi connectivity index (χ0n) is 10.7. The molecule has 0 spiro atoms. The van der Waals surface area contributed by atoms with Crippen molar-refractivity contribution in [2.24, 2.45) is 0 Å². The van der Waals surface area contributed by atoms with Crippen LogP contribution < -0.4 is 10.1 Å². The fourth-order valence-electron chi connectivity index (χ4n) is 1.67. The first kappa shape index (κ1) is 13.6. The van der Waals surface area contributed by atoms with Crippen LogP contribution in [0.15, 0.2) is 24.3 Å². The summed E-state index contributed by atoms with van der Waals surface area (Å²) >= 11 is 0. The van der Waals surface area contributed by atoms with Crippen LogP contribution in [0.5, 0.6) is 5.75 Å². The highest BCUT2D eigenvalue weighted by Crippen LogP contribution is 2.13. The van der Waals surface area contributed by atoms with Crippen LogP contribution in [0.3, 0.4) is 0 Å². The summed E-state index contributed by atoms with van der Waals surface area (Å²) in [5, 5.41) is 3.35. The molecule has 0 heterocycles. The first-order valence-corrected chi connectivity index (χ1v) is 6.12. The van der Waals surface area contributed by atoms with Gasteiger partial charge in [-0.25, -0.2) is 0 Å². The van der Waals surface area contributed by atoms with Gasteiger partial charge in [-0.05, 0) is 43.5 Å². The highest BCUT2D eigenvalue weighted by molar-refractivity contribution is 5.27. The zero-order chi connectivity index (χ0) is 12.5. The van der Waals surface area contributed by atoms with Crippen molar-refractivity contribution in [1.29, 1.82) is 0 Å². The second-order valence-electron chi connectivity index (χ2n) is 4.06. The van der Waals surface area contributed by atoms with Crippen molar-refractivity contribution in [3.8, 4) is 18.1 Å². The number of aryl methyl sites for hydroxylation is 1. The molecule has 0 aliphatic rings. The summed E-state index contributed by atoms with van der Waals surface area (Å²) in [6.45, 7) is 3.13. The van der Waals surface area contributed by atoms with Crippen LogP contribution in [0.25, 0.3) is 0 Å². The first-order valence-electron chi connectivity index (χ1n) is 6.12. The molecule has 92 valence electrons. The third-order valence-electron chi connectivity index (χ3n) is 2.72. The van der Waals surface area contributed by atoms with Gasteiger partial charge in [0.25, 0.3) is 0 Å². The van der Waals surface area contributed by atoms with E-state index >= 15 is 0 Å². The molecule has 0 amide bonds. The van der Waals surface area contributed by atoms with Crippen LogP contribution in [-0.2, 0) is 6.42 Å². The lowest BCUT2D eigenvalue weighted by Crippen LogP contribution is -2.28. The molecular weight excluding hydrogens is 210 g/mol. The Bertz CT molecular complexity index is 350. The lowest BCUT2D eigenvalue weighted by atomic mass is 10.1. The Morgan fingerprint density at radius 2 is 2.06 bits per heavy atom. The number of terminal acetylenes is 1. The second kappa shape index (κ2) is 7.76. The lowest BCUT2D eigenvalue weighted by Gasteiger charge is -2.12. The summed E-state index contributed by atoms with van der Waals surface area (Å²) in [6, 6.07) is 8.33. The minimum absolute atomic E-state index is 0.178. The molecule has 1 aromatic carbocycles. The van der Waals surface area contributed by atoms with E-state index in [9.17, 15) is 0 Å². The Kier molecular flexibility index (Phi) is 6.21. The van der Waals surface area contributed by atoms with Gasteiger partial charge >= 0.3 is 0 Å². The van der Waals surface area contributed by atoms with Gasteiger partial charge in [-0.15, -0.1) is 6.42 Å². The number of hydrogen-bond acceptors (Lipinski definition) is 2. The summed E-state index contributed by atoms with van der Waals surface area (Å²) in [5.74, 6) is 3.69. The fraction of sp³-hybridized carbons (Fsp3) is 0.467. The number of nitrogens with one attached hydrogen (secondary N) is 1. The molecular formula is C15H21NO. The quantitative estimate of drug-likeness (QED) is 0.728. The molecule has 1 aromatic rings. The Hall–Kier alpha value is -1.46. The highest BCUT2D eigenvalue weighted by Gasteiger charge is 2.03. The molecule has 1 rings (SSSR count). The molecule has 0 saturated carbocycles. The topological polar surface area (TPSA) is 21.3 Å². The molecule has 1 N–H and O–H groups in total. The Morgan fingerprint density at radius 3 is 2.59 bits per heavy atom. The first-order chi connectivity index (χ1) is 8.30. The van der Waals surface area contributed by atoms with Gasteiger partial charge in [-0.1, -0.05) is 25.0 Å². The van der Waals surface area contributed by atoms with Crippen molar-refractivity contribution in [2.75, 3.05) is 13.7 Å². The van der Waals surface area contributed by atoms with Gasteiger partial charge in [0.15, 0.2) is 0 Å². The van der Waals surface area contributed by atoms with Gasteiger partial charge in [-0.2, -0.15) is 0 Å². The molecule has 0 aliphatic carbocycles. The van der Waals surface area contributed by atoms with E-state index in [-0.39, 0.29) is 6.04 Å². The van der Waals surface area contributed by atoms with E-state index in [1.54, 1.807) is 7.11 Å². The standard InChI is InChI=1S/C15H21NO/c1-4-12-16-14(5-2)9-6-13-7-10-15(17-3)11-8-13/h2,7-8,10-11,14,16H,4,6,9,12H2,1,3H3. The third kappa shape index (κ3) is 4.93. The van der Waals surface area contributed by atoms with Crippen molar-refractivity contribution >= 4 is 0 Å². The number of ether oxygens (including phenoxy) is 1. The predicted molar refractivity (Wildman–Crippen MR) is 72.2 cm³/mol. The summed E-state index contributed by atoms with van der Waals surface area (Å²) in [4.78, 5) is 0. The third-order valence-corrected chi connectivity index (χ3v) is 2.72. The van der Waals surface area contributed by atoms with Crippen LogP contribution in [0.2, 0.25) is 0 Å². The molecule has 1 atom stereocenters. The Morgan fingerprint density at radius 1 is 1.35 bits per heavy atom. The zero-order valence-corrected chi connectivity index (χ0v) is 10.7. The van der Waals surface area contributed by atoms with Crippen LogP contribution in [0.1, 0.15) is 25.3 Å². The molecule has 1 unspecified atom stereocenters. The van der Waals surface area contributed by atoms with E-state index < -0.39 is 0 Å². The fourth-order valence-corrected chi connectivity index (χ4v) is 1.67. The number of hydrogen-bond donors (Lipinski definition) is 1. The second-order valence-corrected chi connectivity index (χ2v) is 4.06. The van der Waals surface area contributed by atoms with Crippen molar-refractivity contribution in [2.45, 2.75) is 32.2 Å². The van der Waals surface area contributed by atoms with Crippen LogP contribution in [0.4, 0.5) is 0 Å². The minimum Gasteiger partial charge on any atom is -0.497 e. The molecule has 0 radical (unpaired) electrons. The van der Waals surface area contributed by atoms with Gasteiger partial charge in [0, 0.05) is 0 Å². The smallest absolute Gasteiger partial charge is 0.118 e. The molecule has 0 saturated heterocycles. The van der Waals surface area contributed by atoms with Crippen molar-refractivity contribution in [3.63, 3.8) is 0 Å². The molecule has 0 aliphatic heterocycles. The van der Waals surface area contributed by atoms with E-state index in [0.29, 0.717) is 0 Å². The van der Waals surface area contributed by atoms with Crippen molar-refractivity contribution in [1.82, 2.24) is 5.32 Å². The van der Waals surface area contributed by atoms with Crippen molar-refractivity contribution in [3.05, 3.63) is 29.8 Å². The predicted octanol–water partition coefficient (Wildman–Crippen LogP) is 2.63. The monoisotopic (exact) mass is 231 g/mol. The van der Waals surface area contributed by atoms with E-state index in [2.05, 4.69) is 30.3 Å². The molecule has 2 heteroatoms. The van der Waals surface area contributed by atoms with Gasteiger partial charge in [0.05, 0.1) is 13.2 Å². The molecule has 0 fully saturated rings. The number of rotatable bonds is 7. The molecule has 17 heavy (non-hydrogen) atoms.